The van der Waals surface area contributed by atoms with Crippen molar-refractivity contribution < 1.29 is 28.9 Å². The number of hydrogen-bond acceptors (Lipinski definition) is 7. The van der Waals surface area contributed by atoms with E-state index >= 15 is 0 Å². The average molecular weight is 476 g/mol. The quantitative estimate of drug-likeness (QED) is 0.467. The van der Waals surface area contributed by atoms with Crippen LogP contribution < -0.4 is 10.6 Å². The van der Waals surface area contributed by atoms with Gasteiger partial charge in [0.1, 0.15) is 6.61 Å². The molecule has 35 heavy (non-hydrogen) atoms. The number of fused-ring (bicyclic) bond motifs is 3. The van der Waals surface area contributed by atoms with E-state index in [0.717, 1.165) is 35.1 Å². The molecule has 3 aromatic rings. The van der Waals surface area contributed by atoms with Gasteiger partial charge in [0.2, 0.25) is 11.5 Å². The van der Waals surface area contributed by atoms with Gasteiger partial charge in [0.15, 0.2) is 0 Å². The van der Waals surface area contributed by atoms with Crippen LogP contribution in [0.4, 0.5) is 10.6 Å². The zero-order valence-electron chi connectivity index (χ0n) is 18.8. The van der Waals surface area contributed by atoms with Crippen molar-refractivity contribution in [3.63, 3.8) is 0 Å². The summed E-state index contributed by atoms with van der Waals surface area (Å²) in [5.74, 6) is -1.95. The predicted octanol–water partition coefficient (Wildman–Crippen LogP) is 3.81. The number of hydrogen-bond donors (Lipinski definition) is 3. The summed E-state index contributed by atoms with van der Waals surface area (Å²) in [6.45, 7) is 0.0478. The third-order valence-electron chi connectivity index (χ3n) is 6.87. The Hall–Kier alpha value is -4.21. The van der Waals surface area contributed by atoms with Crippen LogP contribution in [0.2, 0.25) is 0 Å². The van der Waals surface area contributed by atoms with Crippen molar-refractivity contribution in [1.82, 2.24) is 15.6 Å². The molecule has 5 rings (SSSR count). The van der Waals surface area contributed by atoms with Crippen molar-refractivity contribution >= 4 is 23.8 Å². The van der Waals surface area contributed by atoms with E-state index in [-0.39, 0.29) is 30.6 Å². The Morgan fingerprint density at radius 3 is 2.26 bits per heavy atom. The molecule has 0 spiro atoms. The summed E-state index contributed by atoms with van der Waals surface area (Å²) >= 11 is 0. The molecule has 1 saturated carbocycles. The Balaban J connectivity index is 1.22. The summed E-state index contributed by atoms with van der Waals surface area (Å²) in [4.78, 5) is 36.8. The lowest BCUT2D eigenvalue weighted by Gasteiger charge is -2.23. The first kappa shape index (κ1) is 22.6. The molecule has 0 saturated heterocycles. The largest absolute Gasteiger partial charge is 0.481 e. The van der Waals surface area contributed by atoms with Crippen LogP contribution in [0.25, 0.3) is 11.1 Å². The van der Waals surface area contributed by atoms with E-state index < -0.39 is 23.4 Å². The number of aromatic nitrogens is 2. The van der Waals surface area contributed by atoms with E-state index in [0.29, 0.717) is 12.8 Å². The van der Waals surface area contributed by atoms with E-state index in [2.05, 4.69) is 25.6 Å². The molecule has 2 aliphatic carbocycles. The standard InChI is InChI=1S/C25H24N4O6/c30-22(26-14-25(23(31)32)11-5-6-12-25)20-21(29-35-28-20)27-24(33)34-13-19-17-9-3-1-7-15(17)16-8-2-4-10-18(16)19/h1-4,7-10,19H,5-6,11-14H2,(H,26,30)(H,31,32)(H,27,29,33). The summed E-state index contributed by atoms with van der Waals surface area (Å²) in [7, 11) is 0. The highest BCUT2D eigenvalue weighted by molar-refractivity contribution is 5.99. The molecule has 3 N–H and O–H groups in total. The monoisotopic (exact) mass is 476 g/mol. The van der Waals surface area contributed by atoms with Crippen molar-refractivity contribution in [3.8, 4) is 11.1 Å². The Bertz CT molecular complexity index is 1230. The van der Waals surface area contributed by atoms with Crippen LogP contribution in [0.5, 0.6) is 0 Å². The lowest BCUT2D eigenvalue weighted by molar-refractivity contribution is -0.148. The first-order chi connectivity index (χ1) is 17.0. The fraction of sp³-hybridized carbons (Fsp3) is 0.320. The highest BCUT2D eigenvalue weighted by atomic mass is 16.6. The summed E-state index contributed by atoms with van der Waals surface area (Å²) in [5, 5.41) is 21.7. The van der Waals surface area contributed by atoms with Crippen LogP contribution in [0.15, 0.2) is 53.2 Å². The molecular formula is C25H24N4O6. The normalized spacial score (nSPS) is 15.8. The highest BCUT2D eigenvalue weighted by Crippen LogP contribution is 2.44. The van der Waals surface area contributed by atoms with E-state index in [4.69, 9.17) is 4.74 Å². The Kier molecular flexibility index (Phi) is 5.94. The van der Waals surface area contributed by atoms with Gasteiger partial charge < -0.3 is 15.2 Å². The Labute approximate surface area is 200 Å². The molecule has 1 aromatic heterocycles. The Morgan fingerprint density at radius 2 is 1.63 bits per heavy atom. The molecule has 10 nitrogen and oxygen atoms in total. The van der Waals surface area contributed by atoms with Gasteiger partial charge in [0.05, 0.1) is 5.41 Å². The first-order valence-electron chi connectivity index (χ1n) is 11.4. The molecule has 0 radical (unpaired) electrons. The van der Waals surface area contributed by atoms with Crippen LogP contribution in [0, 0.1) is 5.41 Å². The van der Waals surface area contributed by atoms with Gasteiger partial charge in [-0.25, -0.2) is 9.42 Å². The lowest BCUT2D eigenvalue weighted by Crippen LogP contribution is -2.41. The van der Waals surface area contributed by atoms with Crippen LogP contribution in [0.3, 0.4) is 0 Å². The number of aliphatic carboxylic acids is 1. The molecule has 1 fully saturated rings. The number of nitrogens with one attached hydrogen (secondary N) is 2. The summed E-state index contributed by atoms with van der Waals surface area (Å²) in [6, 6.07) is 16.0. The third kappa shape index (κ3) is 4.23. The number of benzene rings is 2. The second-order valence-electron chi connectivity index (χ2n) is 8.89. The van der Waals surface area contributed by atoms with E-state index in [9.17, 15) is 19.5 Å². The number of nitrogens with zero attached hydrogens (tertiary/aromatic N) is 2. The van der Waals surface area contributed by atoms with Gasteiger partial charge in [-0.15, -0.1) is 0 Å². The lowest BCUT2D eigenvalue weighted by atomic mass is 9.86. The summed E-state index contributed by atoms with van der Waals surface area (Å²) in [6.07, 6.45) is 1.76. The fourth-order valence-electron chi connectivity index (χ4n) is 5.00. The van der Waals surface area contributed by atoms with Gasteiger partial charge in [-0.3, -0.25) is 14.9 Å². The van der Waals surface area contributed by atoms with E-state index in [1.54, 1.807) is 0 Å². The maximum Gasteiger partial charge on any atom is 0.412 e. The molecule has 1 heterocycles. The van der Waals surface area contributed by atoms with Gasteiger partial charge in [0, 0.05) is 12.5 Å². The number of carbonyl (C=O) groups excluding carboxylic acids is 2. The zero-order valence-corrected chi connectivity index (χ0v) is 18.8. The van der Waals surface area contributed by atoms with Crippen LogP contribution >= 0.6 is 0 Å². The molecular weight excluding hydrogens is 452 g/mol. The predicted molar refractivity (Wildman–Crippen MR) is 124 cm³/mol. The van der Waals surface area contributed by atoms with Crippen molar-refractivity contribution in [2.75, 3.05) is 18.5 Å². The molecule has 0 unspecified atom stereocenters. The van der Waals surface area contributed by atoms with Gasteiger partial charge in [-0.2, -0.15) is 0 Å². The number of ether oxygens (including phenoxy) is 1. The summed E-state index contributed by atoms with van der Waals surface area (Å²) < 4.78 is 10.1. The molecule has 0 atom stereocenters. The first-order valence-corrected chi connectivity index (χ1v) is 11.4. The van der Waals surface area contributed by atoms with Crippen molar-refractivity contribution in [1.29, 1.82) is 0 Å². The number of rotatable bonds is 7. The van der Waals surface area contributed by atoms with Crippen LogP contribution in [-0.4, -0.2) is 46.5 Å². The molecule has 0 aliphatic heterocycles. The highest BCUT2D eigenvalue weighted by Gasteiger charge is 2.41. The maximum atomic E-state index is 12.6. The van der Waals surface area contributed by atoms with Crippen molar-refractivity contribution in [2.45, 2.75) is 31.6 Å². The van der Waals surface area contributed by atoms with Crippen molar-refractivity contribution in [2.24, 2.45) is 5.41 Å². The van der Waals surface area contributed by atoms with Crippen LogP contribution in [0.1, 0.15) is 53.2 Å². The van der Waals surface area contributed by atoms with Gasteiger partial charge >= 0.3 is 12.1 Å². The second-order valence-corrected chi connectivity index (χ2v) is 8.89. The van der Waals surface area contributed by atoms with Gasteiger partial charge in [-0.1, -0.05) is 61.4 Å². The topological polar surface area (TPSA) is 144 Å². The average Bonchev–Trinajstić information content (AvgIpc) is 3.60. The zero-order chi connectivity index (χ0) is 24.4. The van der Waals surface area contributed by atoms with Gasteiger partial charge in [-0.05, 0) is 45.4 Å². The molecule has 2 aliphatic rings. The minimum atomic E-state index is -0.993. The number of amides is 2. The SMILES string of the molecule is O=C(Nc1nonc1C(=O)NCC1(C(=O)O)CCCC1)OCC1c2ccccc2-c2ccccc21. The maximum absolute atomic E-state index is 12.6. The Morgan fingerprint density at radius 1 is 1.00 bits per heavy atom. The molecule has 2 aromatic carbocycles. The number of anilines is 1. The van der Waals surface area contributed by atoms with Crippen molar-refractivity contribution in [3.05, 3.63) is 65.4 Å². The van der Waals surface area contributed by atoms with Crippen LogP contribution in [-0.2, 0) is 9.53 Å². The molecule has 10 heteroatoms. The third-order valence-corrected chi connectivity index (χ3v) is 6.87. The summed E-state index contributed by atoms with van der Waals surface area (Å²) in [5.41, 5.74) is 3.12. The number of carbonyl (C=O) groups is 3. The fourth-order valence-corrected chi connectivity index (χ4v) is 5.00. The second kappa shape index (κ2) is 9.21. The number of carboxylic acids is 1. The molecule has 180 valence electrons. The van der Waals surface area contributed by atoms with E-state index in [1.807, 2.05) is 48.5 Å². The molecule has 0 bridgehead atoms. The van der Waals surface area contributed by atoms with E-state index in [1.165, 1.54) is 0 Å². The minimum absolute atomic E-state index is 0.0432. The smallest absolute Gasteiger partial charge is 0.412 e. The number of carboxylic acid groups (broad SMARTS) is 1. The minimum Gasteiger partial charge on any atom is -0.481 e. The van der Waals surface area contributed by atoms with Gasteiger partial charge in [0.25, 0.3) is 5.91 Å². The molecule has 2 amide bonds.